The molecule has 0 amide bonds. The molecule has 0 aliphatic heterocycles. The Morgan fingerprint density at radius 1 is 1.29 bits per heavy atom. The molecule has 0 unspecified atom stereocenters. The van der Waals surface area contributed by atoms with Gasteiger partial charge in [0.1, 0.15) is 5.01 Å². The van der Waals surface area contributed by atoms with E-state index in [1.165, 1.54) is 23.1 Å². The van der Waals surface area contributed by atoms with Crippen molar-refractivity contribution in [2.45, 2.75) is 17.6 Å². The predicted octanol–water partition coefficient (Wildman–Crippen LogP) is 4.82. The summed E-state index contributed by atoms with van der Waals surface area (Å²) >= 11 is 2.55. The zero-order valence-corrected chi connectivity index (χ0v) is 18.0. The fourth-order valence-electron chi connectivity index (χ4n) is 2.92. The first-order valence-corrected chi connectivity index (χ1v) is 11.2. The second kappa shape index (κ2) is 9.55. The minimum atomic E-state index is -0.921. The van der Waals surface area contributed by atoms with E-state index in [0.29, 0.717) is 28.3 Å². The number of carbonyl (C=O) groups excluding carboxylic acids is 1. The van der Waals surface area contributed by atoms with Gasteiger partial charge in [-0.25, -0.2) is 4.98 Å². The van der Waals surface area contributed by atoms with E-state index in [-0.39, 0.29) is 11.5 Å². The number of thiazole rings is 1. The fourth-order valence-corrected chi connectivity index (χ4v) is 4.67. The van der Waals surface area contributed by atoms with Crippen LogP contribution in [0.1, 0.15) is 10.9 Å². The number of allylic oxidation sites excluding steroid dienone is 1. The Morgan fingerprint density at radius 2 is 2.13 bits per heavy atom. The summed E-state index contributed by atoms with van der Waals surface area (Å²) in [5.41, 5.74) is 1.71. The van der Waals surface area contributed by atoms with Crippen LogP contribution in [-0.2, 0) is 11.3 Å². The first-order chi connectivity index (χ1) is 15.2. The summed E-state index contributed by atoms with van der Waals surface area (Å²) < 4.78 is 7.24. The Labute approximate surface area is 187 Å². The van der Waals surface area contributed by atoms with Crippen LogP contribution < -0.4 is 0 Å². The number of Topliss-reactive ketones (excluding diaryl/α,β-unsaturated/α-hetero) is 1. The molecular weight excluding hydrogens is 430 g/mol. The Morgan fingerprint density at radius 3 is 2.84 bits per heavy atom. The topological polar surface area (TPSA) is 97.6 Å². The molecule has 9 heteroatoms. The lowest BCUT2D eigenvalue weighted by Crippen LogP contribution is -2.14. The quantitative estimate of drug-likeness (QED) is 0.268. The van der Waals surface area contributed by atoms with Gasteiger partial charge in [0, 0.05) is 17.5 Å². The molecule has 7 nitrogen and oxygen atoms in total. The van der Waals surface area contributed by atoms with Gasteiger partial charge in [0.25, 0.3) is 0 Å². The molecule has 0 saturated carbocycles. The van der Waals surface area contributed by atoms with Gasteiger partial charge < -0.3 is 4.42 Å². The van der Waals surface area contributed by atoms with Crippen molar-refractivity contribution < 1.29 is 9.21 Å². The summed E-state index contributed by atoms with van der Waals surface area (Å²) in [5.74, 6) is 0.0681. The highest BCUT2D eigenvalue weighted by atomic mass is 32.2. The predicted molar refractivity (Wildman–Crippen MR) is 120 cm³/mol. The van der Waals surface area contributed by atoms with E-state index in [1.807, 2.05) is 40.3 Å². The van der Waals surface area contributed by atoms with Crippen LogP contribution in [0.2, 0.25) is 0 Å². The molecule has 4 rings (SSSR count). The zero-order valence-electron chi connectivity index (χ0n) is 16.3. The van der Waals surface area contributed by atoms with E-state index in [2.05, 4.69) is 27.8 Å². The van der Waals surface area contributed by atoms with Gasteiger partial charge in [-0.2, -0.15) is 5.26 Å². The van der Waals surface area contributed by atoms with Gasteiger partial charge in [-0.1, -0.05) is 48.2 Å². The molecule has 1 atom stereocenters. The highest BCUT2D eigenvalue weighted by molar-refractivity contribution is 7.99. The van der Waals surface area contributed by atoms with Crippen LogP contribution >= 0.6 is 23.1 Å². The largest absolute Gasteiger partial charge is 0.461 e. The third-order valence-electron chi connectivity index (χ3n) is 4.40. The second-order valence-corrected chi connectivity index (χ2v) is 8.27. The van der Waals surface area contributed by atoms with Crippen LogP contribution in [0.3, 0.4) is 0 Å². The van der Waals surface area contributed by atoms with E-state index >= 15 is 0 Å². The summed E-state index contributed by atoms with van der Waals surface area (Å²) in [5, 5.41) is 20.9. The lowest BCUT2D eigenvalue weighted by molar-refractivity contribution is -0.116. The number of furan rings is 1. The number of benzene rings is 1. The van der Waals surface area contributed by atoms with Crippen LogP contribution in [0.5, 0.6) is 0 Å². The molecule has 0 fully saturated rings. The molecule has 1 aromatic carbocycles. The maximum atomic E-state index is 12.8. The lowest BCUT2D eigenvalue weighted by Gasteiger charge is -2.07. The average molecular weight is 448 g/mol. The van der Waals surface area contributed by atoms with Gasteiger partial charge >= 0.3 is 0 Å². The van der Waals surface area contributed by atoms with Crippen LogP contribution in [0.25, 0.3) is 22.8 Å². The molecule has 4 aromatic rings. The van der Waals surface area contributed by atoms with Crippen LogP contribution in [0.15, 0.2) is 76.3 Å². The van der Waals surface area contributed by atoms with E-state index in [9.17, 15) is 10.1 Å². The van der Waals surface area contributed by atoms with Crippen molar-refractivity contribution >= 4 is 28.9 Å². The molecule has 0 bridgehead atoms. The molecule has 0 spiro atoms. The molecule has 0 N–H and O–H groups in total. The van der Waals surface area contributed by atoms with E-state index in [1.54, 1.807) is 24.5 Å². The van der Waals surface area contributed by atoms with Crippen molar-refractivity contribution in [2.24, 2.45) is 0 Å². The second-order valence-electron chi connectivity index (χ2n) is 6.44. The van der Waals surface area contributed by atoms with Crippen LogP contribution in [0, 0.1) is 11.3 Å². The molecule has 154 valence electrons. The van der Waals surface area contributed by atoms with Crippen molar-refractivity contribution in [1.82, 2.24) is 19.7 Å². The maximum Gasteiger partial charge on any atom is 0.200 e. The summed E-state index contributed by atoms with van der Waals surface area (Å²) in [6.45, 7) is 4.24. The van der Waals surface area contributed by atoms with Gasteiger partial charge in [0.15, 0.2) is 22.6 Å². The standard InChI is InChI=1S/C22H17N5O2S2/c1-2-10-27-20(19-9-6-11-29-19)25-26-22(27)31-14-18(28)16(12-23)21-24-17(13-30-21)15-7-4-3-5-8-15/h2-9,11,13,16H,1,10,14H2/t16-/m1/s1. The number of rotatable bonds is 9. The van der Waals surface area contributed by atoms with Gasteiger partial charge in [-0.05, 0) is 12.1 Å². The van der Waals surface area contributed by atoms with Gasteiger partial charge in [0.2, 0.25) is 5.82 Å². The molecule has 3 heterocycles. The first kappa shape index (κ1) is 20.8. The summed E-state index contributed by atoms with van der Waals surface area (Å²) in [4.78, 5) is 17.3. The molecule has 0 aliphatic rings. The molecule has 31 heavy (non-hydrogen) atoms. The molecule has 0 aliphatic carbocycles. The van der Waals surface area contributed by atoms with Crippen molar-refractivity contribution in [3.05, 3.63) is 71.8 Å². The third-order valence-corrected chi connectivity index (χ3v) is 6.30. The Hall–Kier alpha value is -3.48. The first-order valence-electron chi connectivity index (χ1n) is 9.35. The number of thioether (sulfide) groups is 1. The van der Waals surface area contributed by atoms with Crippen LogP contribution in [-0.4, -0.2) is 31.3 Å². The molecule has 0 saturated heterocycles. The summed E-state index contributed by atoms with van der Waals surface area (Å²) in [6, 6.07) is 15.3. The molecule has 3 aromatic heterocycles. The number of aromatic nitrogens is 4. The number of nitrogens with zero attached hydrogens (tertiary/aromatic N) is 5. The number of hydrogen-bond acceptors (Lipinski definition) is 8. The van der Waals surface area contributed by atoms with E-state index in [0.717, 1.165) is 11.3 Å². The number of nitriles is 1. The van der Waals surface area contributed by atoms with Gasteiger partial charge in [0.05, 0.1) is 23.8 Å². The summed E-state index contributed by atoms with van der Waals surface area (Å²) in [7, 11) is 0. The number of hydrogen-bond donors (Lipinski definition) is 0. The van der Waals surface area contributed by atoms with Crippen LogP contribution in [0.4, 0.5) is 0 Å². The lowest BCUT2D eigenvalue weighted by atomic mass is 10.1. The fraction of sp³-hybridized carbons (Fsp3) is 0.136. The monoisotopic (exact) mass is 447 g/mol. The Kier molecular flexibility index (Phi) is 6.40. The molecule has 0 radical (unpaired) electrons. The number of carbonyl (C=O) groups is 1. The zero-order chi connectivity index (χ0) is 21.6. The minimum Gasteiger partial charge on any atom is -0.461 e. The normalized spacial score (nSPS) is 11.7. The van der Waals surface area contributed by atoms with E-state index in [4.69, 9.17) is 4.42 Å². The highest BCUT2D eigenvalue weighted by Gasteiger charge is 2.25. The number of ketones is 1. The summed E-state index contributed by atoms with van der Waals surface area (Å²) in [6.07, 6.45) is 3.29. The Balaban J connectivity index is 1.49. The van der Waals surface area contributed by atoms with Crippen molar-refractivity contribution in [3.63, 3.8) is 0 Å². The maximum absolute atomic E-state index is 12.8. The van der Waals surface area contributed by atoms with Crippen molar-refractivity contribution in [1.29, 1.82) is 5.26 Å². The average Bonchev–Trinajstić information content (AvgIpc) is 3.55. The minimum absolute atomic E-state index is 0.0753. The van der Waals surface area contributed by atoms with E-state index < -0.39 is 5.92 Å². The smallest absolute Gasteiger partial charge is 0.200 e. The third kappa shape index (κ3) is 4.50. The van der Waals surface area contributed by atoms with Gasteiger partial charge in [-0.3, -0.25) is 9.36 Å². The van der Waals surface area contributed by atoms with Crippen molar-refractivity contribution in [3.8, 4) is 28.9 Å². The SMILES string of the molecule is C=CCn1c(SCC(=O)[C@@H](C#N)c2nc(-c3ccccc3)cs2)nnc1-c1ccco1. The molecular formula is C22H17N5O2S2. The highest BCUT2D eigenvalue weighted by Crippen LogP contribution is 2.29. The van der Waals surface area contributed by atoms with Crippen molar-refractivity contribution in [2.75, 3.05) is 5.75 Å². The van der Waals surface area contributed by atoms with Gasteiger partial charge in [-0.15, -0.1) is 28.1 Å². The Bertz CT molecular complexity index is 1220.